The number of anilines is 1. The molecule has 0 amide bonds. The summed E-state index contributed by atoms with van der Waals surface area (Å²) in [6, 6.07) is 2.52. The van der Waals surface area contributed by atoms with Gasteiger partial charge in [0.25, 0.3) is 0 Å². The van der Waals surface area contributed by atoms with E-state index in [9.17, 15) is 0 Å². The van der Waals surface area contributed by atoms with Crippen LogP contribution in [0.4, 0.5) is 5.69 Å². The molecule has 112 valence electrons. The first-order chi connectivity index (χ1) is 9.37. The first-order valence-corrected chi connectivity index (χ1v) is 7.43. The molecule has 4 heteroatoms. The summed E-state index contributed by atoms with van der Waals surface area (Å²) in [7, 11) is 0. The molecule has 0 aromatic carbocycles. The zero-order chi connectivity index (χ0) is 14.8. The van der Waals surface area contributed by atoms with Gasteiger partial charge in [-0.2, -0.15) is 0 Å². The van der Waals surface area contributed by atoms with Crippen LogP contribution in [-0.4, -0.2) is 35.8 Å². The SMILES string of the molecule is CC1CN(c2ccncc2CNC(C)(C)C)C(C)CO1. The molecule has 2 rings (SSSR count). The molecule has 0 bridgehead atoms. The van der Waals surface area contributed by atoms with E-state index in [4.69, 9.17) is 4.74 Å². The Kier molecular flexibility index (Phi) is 4.66. The normalized spacial score (nSPS) is 23.9. The van der Waals surface area contributed by atoms with Gasteiger partial charge in [-0.25, -0.2) is 0 Å². The average Bonchev–Trinajstić information content (AvgIpc) is 2.39. The second kappa shape index (κ2) is 6.10. The van der Waals surface area contributed by atoms with Crippen molar-refractivity contribution in [1.29, 1.82) is 0 Å². The molecule has 0 spiro atoms. The third-order valence-corrected chi connectivity index (χ3v) is 3.60. The Balaban J connectivity index is 2.18. The second-order valence-electron chi connectivity index (χ2n) is 6.75. The molecule has 1 aromatic heterocycles. The van der Waals surface area contributed by atoms with E-state index in [0.29, 0.717) is 6.04 Å². The minimum atomic E-state index is 0.108. The summed E-state index contributed by atoms with van der Waals surface area (Å²) in [6.45, 7) is 13.5. The van der Waals surface area contributed by atoms with Crippen molar-refractivity contribution in [2.75, 3.05) is 18.1 Å². The number of morpholine rings is 1. The highest BCUT2D eigenvalue weighted by atomic mass is 16.5. The minimum absolute atomic E-state index is 0.108. The number of ether oxygens (including phenoxy) is 1. The van der Waals surface area contributed by atoms with Crippen LogP contribution in [0.1, 0.15) is 40.2 Å². The Morgan fingerprint density at radius 3 is 2.85 bits per heavy atom. The Morgan fingerprint density at radius 1 is 1.40 bits per heavy atom. The lowest BCUT2D eigenvalue weighted by atomic mass is 10.1. The van der Waals surface area contributed by atoms with Crippen molar-refractivity contribution in [3.05, 3.63) is 24.0 Å². The molecule has 0 aliphatic carbocycles. The first-order valence-electron chi connectivity index (χ1n) is 7.43. The molecule has 1 aliphatic rings. The highest BCUT2D eigenvalue weighted by Gasteiger charge is 2.25. The zero-order valence-electron chi connectivity index (χ0n) is 13.3. The summed E-state index contributed by atoms with van der Waals surface area (Å²) in [5.74, 6) is 0. The van der Waals surface area contributed by atoms with E-state index < -0.39 is 0 Å². The van der Waals surface area contributed by atoms with Gasteiger partial charge < -0.3 is 15.0 Å². The van der Waals surface area contributed by atoms with Gasteiger partial charge in [-0.3, -0.25) is 4.98 Å². The highest BCUT2D eigenvalue weighted by molar-refractivity contribution is 5.53. The number of hydrogen-bond acceptors (Lipinski definition) is 4. The maximum Gasteiger partial charge on any atom is 0.0723 e. The predicted molar refractivity (Wildman–Crippen MR) is 83.1 cm³/mol. The first kappa shape index (κ1) is 15.3. The van der Waals surface area contributed by atoms with E-state index in [1.807, 2.05) is 12.4 Å². The van der Waals surface area contributed by atoms with Crippen LogP contribution >= 0.6 is 0 Å². The van der Waals surface area contributed by atoms with Gasteiger partial charge >= 0.3 is 0 Å². The molecule has 1 aromatic rings. The van der Waals surface area contributed by atoms with Crippen molar-refractivity contribution < 1.29 is 4.74 Å². The summed E-state index contributed by atoms with van der Waals surface area (Å²) in [4.78, 5) is 6.73. The van der Waals surface area contributed by atoms with E-state index in [-0.39, 0.29) is 11.6 Å². The van der Waals surface area contributed by atoms with Crippen LogP contribution in [0.3, 0.4) is 0 Å². The van der Waals surface area contributed by atoms with Gasteiger partial charge in [0.2, 0.25) is 0 Å². The maximum atomic E-state index is 5.72. The van der Waals surface area contributed by atoms with E-state index in [1.54, 1.807) is 0 Å². The summed E-state index contributed by atoms with van der Waals surface area (Å²) in [6.07, 6.45) is 4.13. The standard InChI is InChI=1S/C16H27N3O/c1-12-11-20-13(2)10-19(12)15-6-7-17-8-14(15)9-18-16(3,4)5/h6-8,12-13,18H,9-11H2,1-5H3. The molecule has 2 unspecified atom stereocenters. The second-order valence-corrected chi connectivity index (χ2v) is 6.75. The maximum absolute atomic E-state index is 5.72. The number of hydrogen-bond donors (Lipinski definition) is 1. The highest BCUT2D eigenvalue weighted by Crippen LogP contribution is 2.25. The predicted octanol–water partition coefficient (Wildman–Crippen LogP) is 2.58. The molecule has 0 saturated carbocycles. The molecular formula is C16H27N3O. The largest absolute Gasteiger partial charge is 0.375 e. The van der Waals surface area contributed by atoms with Gasteiger partial charge in [0.05, 0.1) is 12.7 Å². The van der Waals surface area contributed by atoms with Crippen LogP contribution in [-0.2, 0) is 11.3 Å². The van der Waals surface area contributed by atoms with Crippen molar-refractivity contribution in [2.24, 2.45) is 0 Å². The molecule has 1 fully saturated rings. The summed E-state index contributed by atoms with van der Waals surface area (Å²) >= 11 is 0. The minimum Gasteiger partial charge on any atom is -0.375 e. The molecule has 1 saturated heterocycles. The van der Waals surface area contributed by atoms with E-state index >= 15 is 0 Å². The van der Waals surface area contributed by atoms with Crippen molar-refractivity contribution in [1.82, 2.24) is 10.3 Å². The van der Waals surface area contributed by atoms with E-state index in [1.165, 1.54) is 11.3 Å². The Morgan fingerprint density at radius 2 is 2.15 bits per heavy atom. The third-order valence-electron chi connectivity index (χ3n) is 3.60. The fourth-order valence-electron chi connectivity index (χ4n) is 2.44. The van der Waals surface area contributed by atoms with Crippen LogP contribution in [0.25, 0.3) is 0 Å². The van der Waals surface area contributed by atoms with E-state index in [0.717, 1.165) is 19.7 Å². The number of nitrogens with one attached hydrogen (secondary N) is 1. The molecule has 4 nitrogen and oxygen atoms in total. The monoisotopic (exact) mass is 277 g/mol. The molecule has 20 heavy (non-hydrogen) atoms. The Bertz CT molecular complexity index is 442. The summed E-state index contributed by atoms with van der Waals surface area (Å²) < 4.78 is 5.72. The number of pyridine rings is 1. The topological polar surface area (TPSA) is 37.4 Å². The Labute approximate surface area is 122 Å². The van der Waals surface area contributed by atoms with Gasteiger partial charge in [-0.05, 0) is 40.7 Å². The van der Waals surface area contributed by atoms with Crippen molar-refractivity contribution in [3.8, 4) is 0 Å². The van der Waals surface area contributed by atoms with Gasteiger partial charge in [0.1, 0.15) is 0 Å². The molecule has 1 N–H and O–H groups in total. The fraction of sp³-hybridized carbons (Fsp3) is 0.688. The van der Waals surface area contributed by atoms with E-state index in [2.05, 4.69) is 55.9 Å². The number of nitrogens with zero attached hydrogens (tertiary/aromatic N) is 2. The number of rotatable bonds is 3. The van der Waals surface area contributed by atoms with Gasteiger partial charge in [-0.1, -0.05) is 0 Å². The quantitative estimate of drug-likeness (QED) is 0.921. The summed E-state index contributed by atoms with van der Waals surface area (Å²) in [5.41, 5.74) is 2.64. The molecule has 1 aliphatic heterocycles. The lowest BCUT2D eigenvalue weighted by Gasteiger charge is -2.39. The average molecular weight is 277 g/mol. The van der Waals surface area contributed by atoms with Gasteiger partial charge in [0, 0.05) is 48.3 Å². The zero-order valence-corrected chi connectivity index (χ0v) is 13.3. The van der Waals surface area contributed by atoms with Crippen LogP contribution in [0, 0.1) is 0 Å². The van der Waals surface area contributed by atoms with Crippen LogP contribution in [0.2, 0.25) is 0 Å². The van der Waals surface area contributed by atoms with Crippen molar-refractivity contribution in [3.63, 3.8) is 0 Å². The van der Waals surface area contributed by atoms with Crippen LogP contribution in [0.5, 0.6) is 0 Å². The Hall–Kier alpha value is -1.13. The molecule has 0 radical (unpaired) electrons. The fourth-order valence-corrected chi connectivity index (χ4v) is 2.44. The van der Waals surface area contributed by atoms with Crippen LogP contribution in [0.15, 0.2) is 18.5 Å². The lowest BCUT2D eigenvalue weighted by Crippen LogP contribution is -2.48. The smallest absolute Gasteiger partial charge is 0.0723 e. The number of aromatic nitrogens is 1. The summed E-state index contributed by atoms with van der Waals surface area (Å²) in [5, 5.41) is 3.55. The van der Waals surface area contributed by atoms with Crippen molar-refractivity contribution in [2.45, 2.75) is 58.8 Å². The van der Waals surface area contributed by atoms with Gasteiger partial charge in [0.15, 0.2) is 0 Å². The van der Waals surface area contributed by atoms with Crippen molar-refractivity contribution >= 4 is 5.69 Å². The third kappa shape index (κ3) is 3.93. The molecular weight excluding hydrogens is 250 g/mol. The molecule has 2 heterocycles. The van der Waals surface area contributed by atoms with Crippen LogP contribution < -0.4 is 10.2 Å². The molecule has 2 atom stereocenters. The lowest BCUT2D eigenvalue weighted by molar-refractivity contribution is 0.0343. The van der Waals surface area contributed by atoms with Gasteiger partial charge in [-0.15, -0.1) is 0 Å².